The molecule has 1 fully saturated rings. The van der Waals surface area contributed by atoms with Gasteiger partial charge < -0.3 is 4.74 Å². The number of benzene rings is 2. The van der Waals surface area contributed by atoms with Gasteiger partial charge in [-0.15, -0.1) is 13.2 Å². The van der Waals surface area contributed by atoms with Crippen molar-refractivity contribution in [3.63, 3.8) is 0 Å². The Balaban J connectivity index is 1.59. The normalized spacial score (nSPS) is 16.5. The number of allylic oxidation sites excluding steroid dienone is 1. The lowest BCUT2D eigenvalue weighted by Gasteiger charge is -2.26. The molecule has 2 aromatic carbocycles. The molecule has 0 radical (unpaired) electrons. The molecule has 0 spiro atoms. The zero-order valence-electron chi connectivity index (χ0n) is 19.0. The zero-order chi connectivity index (χ0) is 25.3. The monoisotopic (exact) mass is 484 g/mol. The molecule has 1 unspecified atom stereocenters. The van der Waals surface area contributed by atoms with Crippen LogP contribution in [0, 0.1) is 6.92 Å². The third kappa shape index (κ3) is 5.34. The molecule has 0 saturated heterocycles. The lowest BCUT2D eigenvalue weighted by molar-refractivity contribution is -0.274. The van der Waals surface area contributed by atoms with E-state index in [0.717, 1.165) is 17.7 Å². The van der Waals surface area contributed by atoms with Gasteiger partial charge in [0.05, 0.1) is 16.9 Å². The lowest BCUT2D eigenvalue weighted by Crippen LogP contribution is -2.35. The topological polar surface area (TPSA) is 78.3 Å². The van der Waals surface area contributed by atoms with Gasteiger partial charge in [-0.2, -0.15) is 0 Å². The van der Waals surface area contributed by atoms with Crippen LogP contribution in [-0.4, -0.2) is 27.5 Å². The Labute approximate surface area is 199 Å². The van der Waals surface area contributed by atoms with E-state index in [1.807, 2.05) is 0 Å². The summed E-state index contributed by atoms with van der Waals surface area (Å²) in [6, 6.07) is 9.31. The first-order valence-electron chi connectivity index (χ1n) is 11.1. The number of aromatic nitrogens is 2. The summed E-state index contributed by atoms with van der Waals surface area (Å²) in [5.41, 5.74) is 1.86. The first-order valence-corrected chi connectivity index (χ1v) is 11.1. The summed E-state index contributed by atoms with van der Waals surface area (Å²) in [4.78, 5) is 43.4. The third-order valence-corrected chi connectivity index (χ3v) is 6.10. The molecule has 1 aliphatic rings. The highest BCUT2D eigenvalue weighted by molar-refractivity contribution is 5.96. The molecule has 35 heavy (non-hydrogen) atoms. The minimum atomic E-state index is -4.81. The number of nitrogens with zero attached hydrogens (tertiary/aromatic N) is 2. The molecule has 4 rings (SSSR count). The summed E-state index contributed by atoms with van der Waals surface area (Å²) in [7, 11) is 0. The van der Waals surface area contributed by atoms with Crippen molar-refractivity contribution in [1.82, 2.24) is 9.55 Å². The molecule has 0 aliphatic heterocycles. The quantitative estimate of drug-likeness (QED) is 0.352. The number of hydrogen-bond donors (Lipinski definition) is 0. The van der Waals surface area contributed by atoms with E-state index in [0.29, 0.717) is 35.1 Å². The third-order valence-electron chi connectivity index (χ3n) is 6.10. The fourth-order valence-corrected chi connectivity index (χ4v) is 4.46. The van der Waals surface area contributed by atoms with Crippen molar-refractivity contribution < 1.29 is 27.5 Å². The minimum absolute atomic E-state index is 0.0358. The van der Waals surface area contributed by atoms with Crippen molar-refractivity contribution in [3.8, 4) is 5.75 Å². The van der Waals surface area contributed by atoms with E-state index in [1.165, 1.54) is 16.7 Å². The van der Waals surface area contributed by atoms with Crippen LogP contribution in [0.4, 0.5) is 13.2 Å². The van der Waals surface area contributed by atoms with Crippen molar-refractivity contribution in [2.75, 3.05) is 0 Å². The summed E-state index contributed by atoms with van der Waals surface area (Å²) in [5, 5.41) is 0.358. The van der Waals surface area contributed by atoms with Crippen LogP contribution in [0.25, 0.3) is 10.9 Å². The second-order valence-electron chi connectivity index (χ2n) is 8.59. The molecular weight excluding hydrogens is 461 g/mol. The SMILES string of the molecule is C=C1CCC(n2c(C)nc3cccc(CCC(=O)c4ccc(OC(F)(F)F)cc4)c3c2=O)C(=O)C1. The van der Waals surface area contributed by atoms with Gasteiger partial charge in [0, 0.05) is 18.4 Å². The fraction of sp³-hybridized carbons (Fsp3) is 0.308. The first-order chi connectivity index (χ1) is 16.5. The van der Waals surface area contributed by atoms with Crippen molar-refractivity contribution >= 4 is 22.5 Å². The molecule has 0 N–H and O–H groups in total. The summed E-state index contributed by atoms with van der Waals surface area (Å²) in [5.74, 6) is -0.325. The van der Waals surface area contributed by atoms with E-state index in [9.17, 15) is 27.6 Å². The van der Waals surface area contributed by atoms with Gasteiger partial charge in [-0.25, -0.2) is 4.98 Å². The summed E-state index contributed by atoms with van der Waals surface area (Å²) >= 11 is 0. The minimum Gasteiger partial charge on any atom is -0.406 e. The number of Topliss-reactive ketones (excluding diaryl/α,β-unsaturated/α-hetero) is 2. The predicted octanol–water partition coefficient (Wildman–Crippen LogP) is 5.27. The highest BCUT2D eigenvalue weighted by Crippen LogP contribution is 2.29. The Kier molecular flexibility index (Phi) is 6.60. The molecule has 1 atom stereocenters. The average Bonchev–Trinajstić information content (AvgIpc) is 2.78. The molecule has 3 aromatic rings. The Morgan fingerprint density at radius 2 is 1.89 bits per heavy atom. The van der Waals surface area contributed by atoms with Gasteiger partial charge in [0.25, 0.3) is 5.56 Å². The van der Waals surface area contributed by atoms with Crippen LogP contribution in [-0.2, 0) is 11.2 Å². The van der Waals surface area contributed by atoms with Gasteiger partial charge in [0.1, 0.15) is 11.6 Å². The molecule has 6 nitrogen and oxygen atoms in total. The molecule has 1 aliphatic carbocycles. The van der Waals surface area contributed by atoms with Crippen molar-refractivity contribution in [2.24, 2.45) is 0 Å². The van der Waals surface area contributed by atoms with Crippen LogP contribution in [0.5, 0.6) is 5.75 Å². The lowest BCUT2D eigenvalue weighted by atomic mass is 9.90. The average molecular weight is 484 g/mol. The van der Waals surface area contributed by atoms with Gasteiger partial charge in [-0.3, -0.25) is 19.0 Å². The molecule has 0 bridgehead atoms. The Morgan fingerprint density at radius 1 is 1.17 bits per heavy atom. The zero-order valence-corrected chi connectivity index (χ0v) is 19.0. The van der Waals surface area contributed by atoms with E-state index < -0.39 is 18.2 Å². The van der Waals surface area contributed by atoms with Crippen molar-refractivity contribution in [1.29, 1.82) is 0 Å². The van der Waals surface area contributed by atoms with Gasteiger partial charge >= 0.3 is 6.36 Å². The number of carbonyl (C=O) groups excluding carboxylic acids is 2. The molecule has 182 valence electrons. The maximum Gasteiger partial charge on any atom is 0.573 e. The number of aryl methyl sites for hydroxylation is 2. The van der Waals surface area contributed by atoms with Crippen LogP contribution >= 0.6 is 0 Å². The van der Waals surface area contributed by atoms with E-state index in [-0.39, 0.29) is 42.0 Å². The van der Waals surface area contributed by atoms with E-state index in [4.69, 9.17) is 0 Å². The van der Waals surface area contributed by atoms with E-state index >= 15 is 0 Å². The second-order valence-corrected chi connectivity index (χ2v) is 8.59. The number of ketones is 2. The smallest absolute Gasteiger partial charge is 0.406 e. The summed E-state index contributed by atoms with van der Waals surface area (Å²) in [6.45, 7) is 5.57. The number of fused-ring (bicyclic) bond motifs is 1. The number of rotatable bonds is 6. The largest absolute Gasteiger partial charge is 0.573 e. The fourth-order valence-electron chi connectivity index (χ4n) is 4.46. The Hall–Kier alpha value is -3.75. The van der Waals surface area contributed by atoms with Gasteiger partial charge in [0.15, 0.2) is 11.6 Å². The molecule has 1 aromatic heterocycles. The number of ether oxygens (including phenoxy) is 1. The van der Waals surface area contributed by atoms with Crippen LogP contribution in [0.3, 0.4) is 0 Å². The molecular formula is C26H23F3N2O4. The number of hydrogen-bond acceptors (Lipinski definition) is 5. The van der Waals surface area contributed by atoms with Crippen LogP contribution in [0.2, 0.25) is 0 Å². The number of halogens is 3. The van der Waals surface area contributed by atoms with Gasteiger partial charge in [-0.1, -0.05) is 24.3 Å². The number of alkyl halides is 3. The van der Waals surface area contributed by atoms with Gasteiger partial charge in [0.2, 0.25) is 0 Å². The standard InChI is InChI=1S/C26H23F3N2O4/c1-15-6-12-21(23(33)14-15)31-16(2)30-20-5-3-4-18(24(20)25(31)34)9-13-22(32)17-7-10-19(11-8-17)35-26(27,28)29/h3-5,7-8,10-11,21H,1,6,9,12-14H2,2H3. The van der Waals surface area contributed by atoms with Crippen molar-refractivity contribution in [2.45, 2.75) is 51.4 Å². The summed E-state index contributed by atoms with van der Waals surface area (Å²) < 4.78 is 42.3. The highest BCUT2D eigenvalue weighted by Gasteiger charge is 2.31. The highest BCUT2D eigenvalue weighted by atomic mass is 19.4. The van der Waals surface area contributed by atoms with Crippen LogP contribution in [0.1, 0.15) is 53.5 Å². The van der Waals surface area contributed by atoms with Crippen LogP contribution < -0.4 is 10.3 Å². The first kappa shape index (κ1) is 24.4. The second kappa shape index (κ2) is 9.48. The molecule has 9 heteroatoms. The van der Waals surface area contributed by atoms with E-state index in [2.05, 4.69) is 16.3 Å². The number of carbonyl (C=O) groups is 2. The van der Waals surface area contributed by atoms with Crippen molar-refractivity contribution in [3.05, 3.63) is 81.9 Å². The predicted molar refractivity (Wildman–Crippen MR) is 124 cm³/mol. The molecule has 0 amide bonds. The molecule has 1 saturated carbocycles. The maximum absolute atomic E-state index is 13.5. The van der Waals surface area contributed by atoms with Crippen LogP contribution in [0.15, 0.2) is 59.4 Å². The van der Waals surface area contributed by atoms with Gasteiger partial charge in [-0.05, 0) is 62.1 Å². The Bertz CT molecular complexity index is 1370. The molecule has 1 heterocycles. The Morgan fingerprint density at radius 3 is 2.54 bits per heavy atom. The van der Waals surface area contributed by atoms with E-state index in [1.54, 1.807) is 25.1 Å². The maximum atomic E-state index is 13.5. The summed E-state index contributed by atoms with van der Waals surface area (Å²) in [6.07, 6.45) is -3.17.